The zero-order chi connectivity index (χ0) is 29.4. The Labute approximate surface area is 248 Å². The van der Waals surface area contributed by atoms with Crippen LogP contribution in [0.5, 0.6) is 11.5 Å². The van der Waals surface area contributed by atoms with Gasteiger partial charge in [0.1, 0.15) is 11.5 Å². The van der Waals surface area contributed by atoms with Gasteiger partial charge in [0.25, 0.3) is 0 Å². The normalized spacial score (nSPS) is 9.95. The molecule has 0 fully saturated rings. The Kier molecular flexibility index (Phi) is 20.3. The maximum absolute atomic E-state index is 10.4. The standard InChI is InChI=1S/C20H14O2.4C3H8O.Ti/c21-17-11-9-13-5-1-3-7-15(13)19(17)20-16-8-4-2-6-14(16)10-12-18(20)22;4*1-3(2)4;/h1-12,21-22H;4*3-4H,1-2H3;. The van der Waals surface area contributed by atoms with Gasteiger partial charge in [-0.2, -0.15) is 0 Å². The summed E-state index contributed by atoms with van der Waals surface area (Å²) in [5, 5.41) is 57.0. The van der Waals surface area contributed by atoms with Crippen molar-refractivity contribution < 1.29 is 52.4 Å². The Hall–Kier alpha value is -2.45. The molecule has 0 atom stereocenters. The molecule has 0 heterocycles. The Bertz CT molecular complexity index is 1090. The summed E-state index contributed by atoms with van der Waals surface area (Å²) >= 11 is 0. The molecule has 4 aromatic rings. The summed E-state index contributed by atoms with van der Waals surface area (Å²) < 4.78 is 0. The van der Waals surface area contributed by atoms with E-state index in [1.165, 1.54) is 0 Å². The molecule has 0 amide bonds. The predicted octanol–water partition coefficient (Wildman–Crippen LogP) is 6.62. The average molecular weight is 575 g/mol. The van der Waals surface area contributed by atoms with Crippen LogP contribution in [0, 0.1) is 0 Å². The van der Waals surface area contributed by atoms with Gasteiger partial charge in [0.15, 0.2) is 0 Å². The molecule has 4 aromatic carbocycles. The quantitative estimate of drug-likeness (QED) is 0.142. The molecule has 7 heteroatoms. The largest absolute Gasteiger partial charge is 0.507 e. The molecule has 0 spiro atoms. The molecule has 0 bridgehead atoms. The van der Waals surface area contributed by atoms with Gasteiger partial charge in [0, 0.05) is 57.3 Å². The summed E-state index contributed by atoms with van der Waals surface area (Å²) in [6.45, 7) is 13.8. The summed E-state index contributed by atoms with van der Waals surface area (Å²) in [6, 6.07) is 22.9. The van der Waals surface area contributed by atoms with Crippen molar-refractivity contribution in [1.82, 2.24) is 0 Å². The van der Waals surface area contributed by atoms with Crippen molar-refractivity contribution >= 4 is 21.5 Å². The van der Waals surface area contributed by atoms with Gasteiger partial charge in [0.05, 0.1) is 0 Å². The fourth-order valence-corrected chi connectivity index (χ4v) is 3.05. The second kappa shape index (κ2) is 20.5. The Morgan fingerprint density at radius 3 is 0.897 bits per heavy atom. The third kappa shape index (κ3) is 16.3. The van der Waals surface area contributed by atoms with E-state index in [4.69, 9.17) is 20.4 Å². The van der Waals surface area contributed by atoms with Crippen LogP contribution in [-0.4, -0.2) is 55.1 Å². The molecule has 6 nitrogen and oxygen atoms in total. The molecular formula is C32H46O6Ti. The topological polar surface area (TPSA) is 121 Å². The minimum atomic E-state index is -0.167. The molecule has 0 aliphatic carbocycles. The summed E-state index contributed by atoms with van der Waals surface area (Å²) in [6.07, 6.45) is -0.667. The van der Waals surface area contributed by atoms with E-state index in [0.717, 1.165) is 21.5 Å². The van der Waals surface area contributed by atoms with Gasteiger partial charge in [-0.15, -0.1) is 0 Å². The fraction of sp³-hybridized carbons (Fsp3) is 0.375. The van der Waals surface area contributed by atoms with E-state index in [1.54, 1.807) is 67.5 Å². The second-order valence-electron chi connectivity index (χ2n) is 9.74. The minimum absolute atomic E-state index is 0. The van der Waals surface area contributed by atoms with Gasteiger partial charge in [-0.3, -0.25) is 0 Å². The van der Waals surface area contributed by atoms with Crippen LogP contribution in [0.3, 0.4) is 0 Å². The molecule has 4 rings (SSSR count). The summed E-state index contributed by atoms with van der Waals surface area (Å²) in [7, 11) is 0. The SMILES string of the molecule is CC(C)O.CC(C)O.CC(C)O.CC(C)O.Oc1ccc2ccccc2c1-c1c(O)ccc2ccccc12.[Ti]. The van der Waals surface area contributed by atoms with Crippen LogP contribution in [0.15, 0.2) is 72.8 Å². The van der Waals surface area contributed by atoms with Crippen molar-refractivity contribution in [1.29, 1.82) is 0 Å². The average Bonchev–Trinajstić information content (AvgIpc) is 2.78. The summed E-state index contributed by atoms with van der Waals surface area (Å²) in [4.78, 5) is 0. The number of hydrogen-bond acceptors (Lipinski definition) is 6. The molecule has 39 heavy (non-hydrogen) atoms. The number of benzene rings is 4. The van der Waals surface area contributed by atoms with E-state index < -0.39 is 0 Å². The van der Waals surface area contributed by atoms with Gasteiger partial charge in [-0.1, -0.05) is 60.7 Å². The number of aliphatic hydroxyl groups is 4. The molecule has 0 radical (unpaired) electrons. The Morgan fingerprint density at radius 2 is 0.641 bits per heavy atom. The maximum atomic E-state index is 10.4. The molecule has 0 saturated carbocycles. The van der Waals surface area contributed by atoms with Crippen molar-refractivity contribution in [2.45, 2.75) is 79.8 Å². The number of aromatic hydroxyl groups is 2. The molecule has 0 aromatic heterocycles. The van der Waals surface area contributed by atoms with Crippen LogP contribution < -0.4 is 0 Å². The zero-order valence-electron chi connectivity index (χ0n) is 24.4. The van der Waals surface area contributed by atoms with E-state index in [1.807, 2.05) is 60.7 Å². The van der Waals surface area contributed by atoms with Gasteiger partial charge in [-0.05, 0) is 89.1 Å². The smallest absolute Gasteiger partial charge is 0.124 e. The van der Waals surface area contributed by atoms with Crippen LogP contribution in [0.25, 0.3) is 32.7 Å². The third-order valence-corrected chi connectivity index (χ3v) is 4.06. The van der Waals surface area contributed by atoms with Gasteiger partial charge in [-0.25, -0.2) is 0 Å². The minimum Gasteiger partial charge on any atom is -0.507 e. The maximum Gasteiger partial charge on any atom is 0.124 e. The molecule has 0 aliphatic rings. The molecule has 214 valence electrons. The molecule has 0 saturated heterocycles. The van der Waals surface area contributed by atoms with E-state index in [9.17, 15) is 10.2 Å². The first kappa shape index (κ1) is 38.7. The van der Waals surface area contributed by atoms with E-state index in [-0.39, 0.29) is 57.6 Å². The van der Waals surface area contributed by atoms with Crippen molar-refractivity contribution in [3.63, 3.8) is 0 Å². The van der Waals surface area contributed by atoms with E-state index >= 15 is 0 Å². The second-order valence-corrected chi connectivity index (χ2v) is 9.74. The first-order valence-corrected chi connectivity index (χ1v) is 12.8. The number of rotatable bonds is 1. The summed E-state index contributed by atoms with van der Waals surface area (Å²) in [5.41, 5.74) is 1.35. The number of hydrogen-bond donors (Lipinski definition) is 6. The van der Waals surface area contributed by atoms with Gasteiger partial charge in [0.2, 0.25) is 0 Å². The molecular weight excluding hydrogens is 528 g/mol. The molecule has 0 unspecified atom stereocenters. The molecule has 0 aliphatic heterocycles. The predicted molar refractivity (Wildman–Crippen MR) is 160 cm³/mol. The van der Waals surface area contributed by atoms with E-state index in [0.29, 0.717) is 11.1 Å². The first-order valence-electron chi connectivity index (χ1n) is 12.8. The van der Waals surface area contributed by atoms with Crippen molar-refractivity contribution in [3.8, 4) is 22.6 Å². The van der Waals surface area contributed by atoms with Crippen LogP contribution in [-0.2, 0) is 21.7 Å². The van der Waals surface area contributed by atoms with Crippen LogP contribution in [0.2, 0.25) is 0 Å². The van der Waals surface area contributed by atoms with Crippen LogP contribution >= 0.6 is 0 Å². The zero-order valence-corrected chi connectivity index (χ0v) is 26.0. The number of phenolic OH excluding ortho intramolecular Hbond substituents is 2. The Balaban J connectivity index is 0. The monoisotopic (exact) mass is 574 g/mol. The van der Waals surface area contributed by atoms with Crippen molar-refractivity contribution in [2.75, 3.05) is 0 Å². The summed E-state index contributed by atoms with van der Waals surface area (Å²) in [5.74, 6) is 0.343. The van der Waals surface area contributed by atoms with E-state index in [2.05, 4.69) is 0 Å². The van der Waals surface area contributed by atoms with Crippen LogP contribution in [0.1, 0.15) is 55.4 Å². The van der Waals surface area contributed by atoms with Crippen molar-refractivity contribution in [3.05, 3.63) is 72.8 Å². The molecule has 6 N–H and O–H groups in total. The van der Waals surface area contributed by atoms with Gasteiger partial charge < -0.3 is 30.6 Å². The Morgan fingerprint density at radius 1 is 0.410 bits per heavy atom. The number of aliphatic hydroxyl groups excluding tert-OH is 4. The number of fused-ring (bicyclic) bond motifs is 2. The fourth-order valence-electron chi connectivity index (χ4n) is 3.05. The number of phenols is 2. The van der Waals surface area contributed by atoms with Gasteiger partial charge >= 0.3 is 0 Å². The first-order chi connectivity index (χ1) is 17.7. The van der Waals surface area contributed by atoms with Crippen molar-refractivity contribution in [2.24, 2.45) is 0 Å². The third-order valence-electron chi connectivity index (χ3n) is 4.06. The van der Waals surface area contributed by atoms with Crippen LogP contribution in [0.4, 0.5) is 0 Å².